The average Bonchev–Trinajstić information content (AvgIpc) is 3.09. The van der Waals surface area contributed by atoms with Crippen molar-refractivity contribution in [1.82, 2.24) is 4.98 Å². The Bertz CT molecular complexity index is 1170. The molecule has 3 aromatic rings. The fourth-order valence-electron chi connectivity index (χ4n) is 3.92. The third-order valence-electron chi connectivity index (χ3n) is 5.45. The number of nitrogens with one attached hydrogen (secondary N) is 1. The predicted octanol–water partition coefficient (Wildman–Crippen LogP) is 5.36. The van der Waals surface area contributed by atoms with Gasteiger partial charge in [-0.1, -0.05) is 13.8 Å². The lowest BCUT2D eigenvalue weighted by Gasteiger charge is -2.38. The van der Waals surface area contributed by atoms with E-state index in [1.54, 1.807) is 0 Å². The van der Waals surface area contributed by atoms with Gasteiger partial charge in [0, 0.05) is 29.3 Å². The quantitative estimate of drug-likeness (QED) is 0.257. The number of fused-ring (bicyclic) bond motifs is 1. The Morgan fingerprint density at radius 3 is 2.42 bits per heavy atom. The van der Waals surface area contributed by atoms with Crippen molar-refractivity contribution in [1.29, 1.82) is 0 Å². The van der Waals surface area contributed by atoms with Gasteiger partial charge in [-0.25, -0.2) is 9.18 Å². The normalized spacial score (nSPS) is 14.2. The molecule has 3 rings (SSSR count). The molecule has 178 valence electrons. The molecule has 3 N–H and O–H groups in total. The number of benzene rings is 2. The van der Waals surface area contributed by atoms with Crippen LogP contribution in [0.1, 0.15) is 31.5 Å². The number of carbonyl (C=O) groups excluding carboxylic acids is 1. The van der Waals surface area contributed by atoms with E-state index in [1.165, 1.54) is 38.1 Å². The van der Waals surface area contributed by atoms with Gasteiger partial charge in [0.25, 0.3) is 0 Å². The van der Waals surface area contributed by atoms with Crippen LogP contribution in [-0.4, -0.2) is 40.2 Å². The predicted molar refractivity (Wildman–Crippen MR) is 112 cm³/mol. The number of aromatic hydroxyl groups is 1. The van der Waals surface area contributed by atoms with Crippen molar-refractivity contribution in [3.05, 3.63) is 59.5 Å². The first-order valence-electron chi connectivity index (χ1n) is 9.90. The number of H-pyrrole nitrogens is 1. The molecule has 0 aliphatic carbocycles. The van der Waals surface area contributed by atoms with E-state index in [0.717, 1.165) is 25.3 Å². The van der Waals surface area contributed by atoms with Crippen LogP contribution in [0.5, 0.6) is 11.5 Å². The van der Waals surface area contributed by atoms with Gasteiger partial charge in [-0.05, 0) is 53.6 Å². The standard InChI is InChI=1S/C23H23F4NO5/c1-21(2,17-9-14(24)5-7-19(17)29)12-22(31,23(25,26)27)11-15-8-13-4-6-16(10-18(13)28-15)33-20(30)32-3/h4-10,28-29,31H,11-12H2,1-3H3. The van der Waals surface area contributed by atoms with E-state index in [0.29, 0.717) is 10.9 Å². The van der Waals surface area contributed by atoms with Crippen LogP contribution in [0, 0.1) is 5.82 Å². The van der Waals surface area contributed by atoms with Crippen molar-refractivity contribution in [2.45, 2.75) is 43.9 Å². The van der Waals surface area contributed by atoms with E-state index >= 15 is 0 Å². The number of halogens is 4. The summed E-state index contributed by atoms with van der Waals surface area (Å²) in [6.07, 6.45) is -7.64. The van der Waals surface area contributed by atoms with E-state index in [4.69, 9.17) is 4.74 Å². The lowest BCUT2D eigenvalue weighted by molar-refractivity contribution is -0.266. The molecular weight excluding hydrogens is 446 g/mol. The molecule has 1 aromatic heterocycles. The molecule has 0 spiro atoms. The lowest BCUT2D eigenvalue weighted by Crippen LogP contribution is -2.50. The van der Waals surface area contributed by atoms with E-state index in [9.17, 15) is 32.6 Å². The molecule has 1 unspecified atom stereocenters. The molecule has 6 nitrogen and oxygen atoms in total. The zero-order valence-electron chi connectivity index (χ0n) is 18.1. The lowest BCUT2D eigenvalue weighted by atomic mass is 9.73. The number of hydrogen-bond donors (Lipinski definition) is 3. The zero-order valence-corrected chi connectivity index (χ0v) is 18.1. The first-order valence-corrected chi connectivity index (χ1v) is 9.90. The van der Waals surface area contributed by atoms with E-state index in [-0.39, 0.29) is 22.8 Å². The van der Waals surface area contributed by atoms with E-state index < -0.39 is 42.0 Å². The van der Waals surface area contributed by atoms with Crippen LogP contribution in [0.4, 0.5) is 22.4 Å². The second-order valence-corrected chi connectivity index (χ2v) is 8.53. The maximum atomic E-state index is 14.0. The number of phenols is 1. The topological polar surface area (TPSA) is 91.8 Å². The van der Waals surface area contributed by atoms with Crippen LogP contribution in [0.3, 0.4) is 0 Å². The minimum atomic E-state index is -5.02. The van der Waals surface area contributed by atoms with E-state index in [2.05, 4.69) is 9.72 Å². The second-order valence-electron chi connectivity index (χ2n) is 8.53. The Morgan fingerprint density at radius 1 is 1.09 bits per heavy atom. The summed E-state index contributed by atoms with van der Waals surface area (Å²) in [6.45, 7) is 2.78. The minimum absolute atomic E-state index is 0.0496. The number of aromatic nitrogens is 1. The molecule has 2 aromatic carbocycles. The van der Waals surface area contributed by atoms with Crippen LogP contribution in [0.15, 0.2) is 42.5 Å². The maximum absolute atomic E-state index is 14.0. The summed E-state index contributed by atoms with van der Waals surface area (Å²) in [5.74, 6) is -0.960. The van der Waals surface area contributed by atoms with Crippen molar-refractivity contribution in [3.63, 3.8) is 0 Å². The number of alkyl halides is 3. The number of hydrogen-bond acceptors (Lipinski definition) is 5. The van der Waals surface area contributed by atoms with E-state index in [1.807, 2.05) is 0 Å². The van der Waals surface area contributed by atoms with Crippen LogP contribution >= 0.6 is 0 Å². The maximum Gasteiger partial charge on any atom is 0.513 e. The molecule has 1 atom stereocenters. The summed E-state index contributed by atoms with van der Waals surface area (Å²) >= 11 is 0. The van der Waals surface area contributed by atoms with Crippen LogP contribution < -0.4 is 4.74 Å². The van der Waals surface area contributed by atoms with Gasteiger partial charge in [0.05, 0.1) is 7.11 Å². The van der Waals surface area contributed by atoms with Gasteiger partial charge in [-0.15, -0.1) is 0 Å². The van der Waals surface area contributed by atoms with Gasteiger partial charge < -0.3 is 24.7 Å². The SMILES string of the molecule is COC(=O)Oc1ccc2cc(CC(O)(CC(C)(C)c3cc(F)ccc3O)C(F)(F)F)[nH]c2c1. The van der Waals surface area contributed by atoms with Gasteiger partial charge in [-0.2, -0.15) is 13.2 Å². The Morgan fingerprint density at radius 2 is 1.79 bits per heavy atom. The Hall–Kier alpha value is -3.27. The highest BCUT2D eigenvalue weighted by Gasteiger charge is 2.56. The highest BCUT2D eigenvalue weighted by Crippen LogP contribution is 2.45. The molecule has 1 heterocycles. The first kappa shape index (κ1) is 24.4. The fourth-order valence-corrected chi connectivity index (χ4v) is 3.92. The number of aromatic amines is 1. The van der Waals surface area contributed by atoms with Crippen LogP contribution in [0.2, 0.25) is 0 Å². The number of ether oxygens (including phenoxy) is 2. The number of rotatable bonds is 6. The molecule has 0 radical (unpaired) electrons. The Balaban J connectivity index is 1.93. The molecule has 0 aliphatic heterocycles. The van der Waals surface area contributed by atoms with Crippen molar-refractivity contribution < 1.29 is 42.0 Å². The number of methoxy groups -OCH3 is 1. The third-order valence-corrected chi connectivity index (χ3v) is 5.45. The second kappa shape index (κ2) is 8.58. The molecule has 0 amide bonds. The monoisotopic (exact) mass is 469 g/mol. The third kappa shape index (κ3) is 5.22. The van der Waals surface area contributed by atoms with Crippen molar-refractivity contribution in [2.75, 3.05) is 7.11 Å². The highest BCUT2D eigenvalue weighted by atomic mass is 19.4. The number of aliphatic hydroxyl groups is 1. The van der Waals surface area contributed by atoms with Crippen molar-refractivity contribution >= 4 is 17.1 Å². The summed E-state index contributed by atoms with van der Waals surface area (Å²) in [5, 5.41) is 21.4. The summed E-state index contributed by atoms with van der Waals surface area (Å²) < 4.78 is 65.2. The summed E-state index contributed by atoms with van der Waals surface area (Å²) in [7, 11) is 1.14. The summed E-state index contributed by atoms with van der Waals surface area (Å²) in [5.41, 5.74) is -4.20. The summed E-state index contributed by atoms with van der Waals surface area (Å²) in [4.78, 5) is 14.1. The highest BCUT2D eigenvalue weighted by molar-refractivity contribution is 5.82. The minimum Gasteiger partial charge on any atom is -0.508 e. The van der Waals surface area contributed by atoms with Gasteiger partial charge in [-0.3, -0.25) is 0 Å². The first-order chi connectivity index (χ1) is 15.2. The molecule has 33 heavy (non-hydrogen) atoms. The Kier molecular flexibility index (Phi) is 6.34. The molecule has 0 bridgehead atoms. The van der Waals surface area contributed by atoms with Gasteiger partial charge >= 0.3 is 12.3 Å². The van der Waals surface area contributed by atoms with Gasteiger partial charge in [0.1, 0.15) is 17.3 Å². The van der Waals surface area contributed by atoms with Crippen molar-refractivity contribution in [3.8, 4) is 11.5 Å². The number of phenolic OH excluding ortho intramolecular Hbond substituents is 1. The molecular formula is C23H23F4NO5. The van der Waals surface area contributed by atoms with Gasteiger partial charge in [0.15, 0.2) is 5.60 Å². The molecule has 10 heteroatoms. The Labute approximate surface area is 186 Å². The smallest absolute Gasteiger partial charge is 0.508 e. The zero-order chi connectivity index (χ0) is 24.6. The largest absolute Gasteiger partial charge is 0.513 e. The average molecular weight is 469 g/mol. The van der Waals surface area contributed by atoms with Crippen LogP contribution in [0.25, 0.3) is 10.9 Å². The molecule has 0 saturated heterocycles. The van der Waals surface area contributed by atoms with Crippen LogP contribution in [-0.2, 0) is 16.6 Å². The number of carbonyl (C=O) groups is 1. The molecule has 0 saturated carbocycles. The molecule has 0 fully saturated rings. The van der Waals surface area contributed by atoms with Crippen molar-refractivity contribution in [2.24, 2.45) is 0 Å². The fraction of sp³-hybridized carbons (Fsp3) is 0.348. The molecule has 0 aliphatic rings. The van der Waals surface area contributed by atoms with Gasteiger partial charge in [0.2, 0.25) is 0 Å². The summed E-state index contributed by atoms with van der Waals surface area (Å²) in [6, 6.07) is 8.85.